The number of aryl methyl sites for hydroxylation is 1. The number of rotatable bonds is 4. The predicted molar refractivity (Wildman–Crippen MR) is 106 cm³/mol. The van der Waals surface area contributed by atoms with Crippen molar-refractivity contribution < 1.29 is 4.79 Å². The Morgan fingerprint density at radius 3 is 2.54 bits per heavy atom. The second kappa shape index (κ2) is 7.42. The molecule has 2 aromatic heterocycles. The van der Waals surface area contributed by atoms with Gasteiger partial charge in [0, 0.05) is 11.6 Å². The normalized spacial score (nSPS) is 10.4. The lowest BCUT2D eigenvalue weighted by Gasteiger charge is -2.08. The average molecular weight is 386 g/mol. The largest absolute Gasteiger partial charge is 0.306 e. The van der Waals surface area contributed by atoms with E-state index >= 15 is 0 Å². The summed E-state index contributed by atoms with van der Waals surface area (Å²) in [6, 6.07) is 20.6. The first-order chi connectivity index (χ1) is 13.7. The molecular weight excluding hydrogens is 372 g/mol. The second-order valence-electron chi connectivity index (χ2n) is 5.99. The van der Waals surface area contributed by atoms with Gasteiger partial charge in [-0.2, -0.15) is 10.4 Å². The molecule has 2 heterocycles. The van der Waals surface area contributed by atoms with Gasteiger partial charge < -0.3 is 5.32 Å². The first-order valence-corrected chi connectivity index (χ1v) is 9.19. The Balaban J connectivity index is 1.76. The van der Waals surface area contributed by atoms with Gasteiger partial charge in [0.1, 0.15) is 10.7 Å². The third-order valence-corrected chi connectivity index (χ3v) is 4.95. The van der Waals surface area contributed by atoms with Gasteiger partial charge in [0.05, 0.1) is 28.7 Å². The fourth-order valence-electron chi connectivity index (χ4n) is 2.71. The summed E-state index contributed by atoms with van der Waals surface area (Å²) in [7, 11) is 0. The van der Waals surface area contributed by atoms with E-state index in [-0.39, 0.29) is 5.91 Å². The van der Waals surface area contributed by atoms with Crippen LogP contribution >= 0.6 is 11.5 Å². The predicted octanol–water partition coefficient (Wildman–Crippen LogP) is 3.82. The summed E-state index contributed by atoms with van der Waals surface area (Å²) in [5.74, 6) is 0.225. The molecule has 4 aromatic rings. The molecule has 1 N–H and O–H groups in total. The molecule has 0 unspecified atom stereocenters. The zero-order valence-electron chi connectivity index (χ0n) is 14.8. The van der Waals surface area contributed by atoms with Crippen molar-refractivity contribution in [2.75, 3.05) is 5.32 Å². The summed E-state index contributed by atoms with van der Waals surface area (Å²) in [4.78, 5) is 13.1. The van der Waals surface area contributed by atoms with E-state index in [0.29, 0.717) is 22.0 Å². The van der Waals surface area contributed by atoms with E-state index in [1.807, 2.05) is 36.4 Å². The third-order valence-electron chi connectivity index (χ3n) is 4.12. The number of nitriles is 1. The molecular formula is C20H14N6OS. The molecule has 136 valence electrons. The smallest absolute Gasteiger partial charge is 0.270 e. The van der Waals surface area contributed by atoms with Crippen LogP contribution in [-0.4, -0.2) is 25.3 Å². The van der Waals surface area contributed by atoms with E-state index < -0.39 is 0 Å². The number of carbonyl (C=O) groups excluding carboxylic acids is 1. The Hall–Kier alpha value is -3.83. The van der Waals surface area contributed by atoms with Gasteiger partial charge in [-0.1, -0.05) is 34.8 Å². The highest BCUT2D eigenvalue weighted by Crippen LogP contribution is 2.25. The SMILES string of the molecule is Cc1nnsc1C(=O)Nc1cc(-c2ccccc2)nn1-c1ccc(C#N)cc1. The highest BCUT2D eigenvalue weighted by Gasteiger charge is 2.18. The van der Waals surface area contributed by atoms with Crippen LogP contribution in [0.5, 0.6) is 0 Å². The molecule has 4 rings (SSSR count). The van der Waals surface area contributed by atoms with Crippen LogP contribution in [0.3, 0.4) is 0 Å². The van der Waals surface area contributed by atoms with Gasteiger partial charge in [0.25, 0.3) is 5.91 Å². The van der Waals surface area contributed by atoms with Gasteiger partial charge in [-0.3, -0.25) is 4.79 Å². The number of anilines is 1. The number of aromatic nitrogens is 4. The first kappa shape index (κ1) is 17.6. The van der Waals surface area contributed by atoms with Gasteiger partial charge in [-0.15, -0.1) is 5.10 Å². The zero-order valence-corrected chi connectivity index (χ0v) is 15.6. The average Bonchev–Trinajstić information content (AvgIpc) is 3.35. The summed E-state index contributed by atoms with van der Waals surface area (Å²) in [5, 5.41) is 20.5. The quantitative estimate of drug-likeness (QED) is 0.575. The van der Waals surface area contributed by atoms with Crippen LogP contribution in [0.2, 0.25) is 0 Å². The molecule has 0 aliphatic rings. The van der Waals surface area contributed by atoms with Crippen LogP contribution in [0.1, 0.15) is 20.9 Å². The van der Waals surface area contributed by atoms with Crippen LogP contribution < -0.4 is 5.32 Å². The van der Waals surface area contributed by atoms with Crippen molar-refractivity contribution in [2.45, 2.75) is 6.92 Å². The lowest BCUT2D eigenvalue weighted by atomic mass is 10.1. The van der Waals surface area contributed by atoms with Gasteiger partial charge in [0.15, 0.2) is 0 Å². The molecule has 0 bridgehead atoms. The molecule has 1 amide bonds. The van der Waals surface area contributed by atoms with Crippen LogP contribution in [0.25, 0.3) is 16.9 Å². The molecule has 0 aliphatic heterocycles. The number of nitrogens with zero attached hydrogens (tertiary/aromatic N) is 5. The first-order valence-electron chi connectivity index (χ1n) is 8.42. The van der Waals surface area contributed by atoms with Crippen molar-refractivity contribution in [3.63, 3.8) is 0 Å². The van der Waals surface area contributed by atoms with E-state index in [1.165, 1.54) is 0 Å². The number of hydrogen-bond donors (Lipinski definition) is 1. The fourth-order valence-corrected chi connectivity index (χ4v) is 3.26. The van der Waals surface area contributed by atoms with Crippen molar-refractivity contribution in [2.24, 2.45) is 0 Å². The highest BCUT2D eigenvalue weighted by molar-refractivity contribution is 7.08. The molecule has 7 nitrogen and oxygen atoms in total. The molecule has 0 radical (unpaired) electrons. The van der Waals surface area contributed by atoms with E-state index in [2.05, 4.69) is 26.1 Å². The number of benzene rings is 2. The molecule has 0 saturated carbocycles. The standard InChI is InChI=1S/C20H14N6OS/c1-13-19(28-25-23-13)20(27)22-18-11-17(15-5-3-2-4-6-15)24-26(18)16-9-7-14(12-21)8-10-16/h2-11H,1H3,(H,22,27). The summed E-state index contributed by atoms with van der Waals surface area (Å²) >= 11 is 1.05. The lowest BCUT2D eigenvalue weighted by Crippen LogP contribution is -2.15. The van der Waals surface area contributed by atoms with Crippen molar-refractivity contribution >= 4 is 23.3 Å². The number of amides is 1. The summed E-state index contributed by atoms with van der Waals surface area (Å²) in [5.41, 5.74) is 3.52. The van der Waals surface area contributed by atoms with Gasteiger partial charge in [-0.25, -0.2) is 4.68 Å². The maximum atomic E-state index is 12.7. The minimum atomic E-state index is -0.290. The Labute approximate surface area is 165 Å². The van der Waals surface area contributed by atoms with Crippen LogP contribution in [-0.2, 0) is 0 Å². The number of carbonyl (C=O) groups is 1. The monoisotopic (exact) mass is 386 g/mol. The molecule has 0 atom stereocenters. The van der Waals surface area contributed by atoms with E-state index in [4.69, 9.17) is 5.26 Å². The van der Waals surface area contributed by atoms with Crippen molar-refractivity contribution in [1.82, 2.24) is 19.4 Å². The summed E-state index contributed by atoms with van der Waals surface area (Å²) in [6.45, 7) is 1.74. The minimum Gasteiger partial charge on any atom is -0.306 e. The maximum Gasteiger partial charge on any atom is 0.270 e. The summed E-state index contributed by atoms with van der Waals surface area (Å²) in [6.07, 6.45) is 0. The van der Waals surface area contributed by atoms with Gasteiger partial charge in [-0.05, 0) is 42.7 Å². The third kappa shape index (κ3) is 3.39. The Bertz CT molecular complexity index is 1170. The van der Waals surface area contributed by atoms with Crippen LogP contribution in [0.15, 0.2) is 60.7 Å². The van der Waals surface area contributed by atoms with Crippen LogP contribution in [0, 0.1) is 18.3 Å². The maximum absolute atomic E-state index is 12.7. The minimum absolute atomic E-state index is 0.290. The molecule has 28 heavy (non-hydrogen) atoms. The highest BCUT2D eigenvalue weighted by atomic mass is 32.1. The Morgan fingerprint density at radius 2 is 1.89 bits per heavy atom. The number of hydrogen-bond acceptors (Lipinski definition) is 6. The second-order valence-corrected chi connectivity index (χ2v) is 6.75. The van der Waals surface area contributed by atoms with E-state index in [1.54, 1.807) is 35.9 Å². The van der Waals surface area contributed by atoms with E-state index in [0.717, 1.165) is 28.5 Å². The molecule has 0 spiro atoms. The Morgan fingerprint density at radius 1 is 1.14 bits per heavy atom. The van der Waals surface area contributed by atoms with Gasteiger partial charge in [0.2, 0.25) is 0 Å². The zero-order chi connectivity index (χ0) is 19.5. The summed E-state index contributed by atoms with van der Waals surface area (Å²) < 4.78 is 5.46. The molecule has 8 heteroatoms. The molecule has 0 aliphatic carbocycles. The topological polar surface area (TPSA) is 96.5 Å². The van der Waals surface area contributed by atoms with Crippen molar-refractivity contribution in [1.29, 1.82) is 5.26 Å². The molecule has 2 aromatic carbocycles. The Kier molecular flexibility index (Phi) is 4.66. The van der Waals surface area contributed by atoms with Crippen molar-refractivity contribution in [3.05, 3.63) is 76.8 Å². The van der Waals surface area contributed by atoms with Crippen LogP contribution in [0.4, 0.5) is 5.82 Å². The number of nitrogens with one attached hydrogen (secondary N) is 1. The molecule has 0 saturated heterocycles. The van der Waals surface area contributed by atoms with E-state index in [9.17, 15) is 4.79 Å². The fraction of sp³-hybridized carbons (Fsp3) is 0.0500. The van der Waals surface area contributed by atoms with Gasteiger partial charge >= 0.3 is 0 Å². The van der Waals surface area contributed by atoms with Crippen molar-refractivity contribution in [3.8, 4) is 23.0 Å². The lowest BCUT2D eigenvalue weighted by molar-refractivity contribution is 0.102. The molecule has 0 fully saturated rings.